The molecule has 1 saturated heterocycles. The normalized spacial score (nSPS) is 23.4. The zero-order chi connectivity index (χ0) is 25.9. The molecule has 2 aromatic rings. The molecule has 2 heterocycles. The minimum Gasteiger partial charge on any atom is -0.497 e. The highest BCUT2D eigenvalue weighted by molar-refractivity contribution is 6.00. The molecule has 0 radical (unpaired) electrons. The molecule has 196 valence electrons. The SMILES string of the molecule is COc1cccc(NC(=O)C[C@@H]2CC[C@H]3[C@H](COc4ccc(NC(=O)C5CCC5)cc4C(=O)N3C)O2)c1. The number of ether oxygens (including phenoxy) is 3. The first-order valence-electron chi connectivity index (χ1n) is 12.9. The minimum atomic E-state index is -0.358. The van der Waals surface area contributed by atoms with Gasteiger partial charge in [0.1, 0.15) is 24.2 Å². The van der Waals surface area contributed by atoms with Crippen LogP contribution in [0.1, 0.15) is 48.9 Å². The highest BCUT2D eigenvalue weighted by atomic mass is 16.5. The second kappa shape index (κ2) is 10.8. The van der Waals surface area contributed by atoms with E-state index in [1.807, 2.05) is 18.2 Å². The standard InChI is InChI=1S/C28H33N3O6/c1-31-23-11-10-21(15-26(32)29-18-7-4-8-20(13-18)35-2)37-25(23)16-36-24-12-9-19(14-22(24)28(31)34)30-27(33)17-5-3-6-17/h4,7-9,12-14,17,21,23,25H,3,5-6,10-11,15-16H2,1-2H3,(H,29,32)(H,30,33)/t21-,23-,25-/m0/s1. The lowest BCUT2D eigenvalue weighted by Gasteiger charge is -2.42. The van der Waals surface area contributed by atoms with Gasteiger partial charge in [0.15, 0.2) is 0 Å². The fraction of sp³-hybridized carbons (Fsp3) is 0.464. The largest absolute Gasteiger partial charge is 0.497 e. The van der Waals surface area contributed by atoms with E-state index in [0.29, 0.717) is 41.3 Å². The molecule has 3 amide bonds. The minimum absolute atomic E-state index is 0.000918. The van der Waals surface area contributed by atoms with Gasteiger partial charge in [-0.2, -0.15) is 0 Å². The van der Waals surface area contributed by atoms with Gasteiger partial charge in [0.2, 0.25) is 11.8 Å². The summed E-state index contributed by atoms with van der Waals surface area (Å²) in [5, 5.41) is 5.83. The molecule has 2 N–H and O–H groups in total. The maximum atomic E-state index is 13.4. The van der Waals surface area contributed by atoms with E-state index in [4.69, 9.17) is 14.2 Å². The number of hydrogen-bond acceptors (Lipinski definition) is 6. The van der Waals surface area contributed by atoms with Crippen LogP contribution in [0.4, 0.5) is 11.4 Å². The van der Waals surface area contributed by atoms with Crippen LogP contribution in [0.25, 0.3) is 0 Å². The quantitative estimate of drug-likeness (QED) is 0.615. The topological polar surface area (TPSA) is 106 Å². The molecule has 2 aliphatic heterocycles. The average Bonchev–Trinajstić information content (AvgIpc) is 2.85. The number of anilines is 2. The number of carbonyl (C=O) groups is 3. The van der Waals surface area contributed by atoms with Gasteiger partial charge in [-0.3, -0.25) is 14.4 Å². The molecule has 1 saturated carbocycles. The van der Waals surface area contributed by atoms with Crippen LogP contribution in [0.15, 0.2) is 42.5 Å². The third kappa shape index (κ3) is 5.56. The van der Waals surface area contributed by atoms with Crippen molar-refractivity contribution in [3.8, 4) is 11.5 Å². The molecular formula is C28H33N3O6. The van der Waals surface area contributed by atoms with Crippen LogP contribution in [0.3, 0.4) is 0 Å². The lowest BCUT2D eigenvalue weighted by Crippen LogP contribution is -2.53. The Balaban J connectivity index is 1.23. The smallest absolute Gasteiger partial charge is 0.257 e. The zero-order valence-electron chi connectivity index (χ0n) is 21.2. The fourth-order valence-corrected chi connectivity index (χ4v) is 5.14. The summed E-state index contributed by atoms with van der Waals surface area (Å²) in [6.07, 6.45) is 3.82. The number of nitrogens with zero attached hydrogens (tertiary/aromatic N) is 1. The van der Waals surface area contributed by atoms with Crippen LogP contribution in [0, 0.1) is 5.92 Å². The molecule has 2 aromatic carbocycles. The number of benzene rings is 2. The second-order valence-corrected chi connectivity index (χ2v) is 9.98. The van der Waals surface area contributed by atoms with E-state index in [0.717, 1.165) is 19.3 Å². The molecule has 3 aliphatic rings. The van der Waals surface area contributed by atoms with Crippen LogP contribution in [-0.2, 0) is 14.3 Å². The maximum Gasteiger partial charge on any atom is 0.257 e. The van der Waals surface area contributed by atoms with Gasteiger partial charge >= 0.3 is 0 Å². The third-order valence-electron chi connectivity index (χ3n) is 7.52. The lowest BCUT2D eigenvalue weighted by atomic mass is 9.85. The monoisotopic (exact) mass is 507 g/mol. The Kier molecular flexibility index (Phi) is 7.32. The van der Waals surface area contributed by atoms with Crippen molar-refractivity contribution in [3.05, 3.63) is 48.0 Å². The molecule has 37 heavy (non-hydrogen) atoms. The van der Waals surface area contributed by atoms with Gasteiger partial charge in [0.25, 0.3) is 5.91 Å². The van der Waals surface area contributed by atoms with Crippen molar-refractivity contribution in [2.45, 2.75) is 56.8 Å². The summed E-state index contributed by atoms with van der Waals surface area (Å²) >= 11 is 0. The fourth-order valence-electron chi connectivity index (χ4n) is 5.14. The molecule has 9 nitrogen and oxygen atoms in total. The van der Waals surface area contributed by atoms with Gasteiger partial charge in [-0.15, -0.1) is 0 Å². The Labute approximate surface area is 216 Å². The van der Waals surface area contributed by atoms with Crippen molar-refractivity contribution in [1.29, 1.82) is 0 Å². The number of fused-ring (bicyclic) bond motifs is 2. The molecule has 9 heteroatoms. The van der Waals surface area contributed by atoms with Gasteiger partial charge in [0, 0.05) is 30.4 Å². The summed E-state index contributed by atoms with van der Waals surface area (Å²) in [7, 11) is 3.35. The van der Waals surface area contributed by atoms with Crippen molar-refractivity contribution in [2.75, 3.05) is 31.4 Å². The molecule has 3 atom stereocenters. The summed E-state index contributed by atoms with van der Waals surface area (Å²) in [6, 6.07) is 12.2. The first kappa shape index (κ1) is 25.1. The summed E-state index contributed by atoms with van der Waals surface area (Å²) in [5.74, 6) is 0.862. The molecular weight excluding hydrogens is 474 g/mol. The van der Waals surface area contributed by atoms with E-state index >= 15 is 0 Å². The Morgan fingerprint density at radius 1 is 1.05 bits per heavy atom. The molecule has 0 spiro atoms. The second-order valence-electron chi connectivity index (χ2n) is 9.98. The number of likely N-dealkylation sites (N-methyl/N-ethyl adjacent to an activating group) is 1. The van der Waals surface area contributed by atoms with Crippen LogP contribution >= 0.6 is 0 Å². The van der Waals surface area contributed by atoms with Crippen LogP contribution < -0.4 is 20.1 Å². The molecule has 5 rings (SSSR count). The highest BCUT2D eigenvalue weighted by Crippen LogP contribution is 2.33. The van der Waals surface area contributed by atoms with Crippen LogP contribution in [0.2, 0.25) is 0 Å². The van der Waals surface area contributed by atoms with Gasteiger partial charge in [0.05, 0.1) is 31.2 Å². The van der Waals surface area contributed by atoms with Gasteiger partial charge < -0.3 is 29.7 Å². The molecule has 0 aromatic heterocycles. The summed E-state index contributed by atoms with van der Waals surface area (Å²) in [4.78, 5) is 40.1. The molecule has 2 fully saturated rings. The third-order valence-corrected chi connectivity index (χ3v) is 7.52. The molecule has 1 aliphatic carbocycles. The van der Waals surface area contributed by atoms with E-state index in [-0.39, 0.29) is 54.9 Å². The number of nitrogens with one attached hydrogen (secondary N) is 2. The van der Waals surface area contributed by atoms with E-state index in [1.54, 1.807) is 43.3 Å². The van der Waals surface area contributed by atoms with E-state index in [9.17, 15) is 14.4 Å². The zero-order valence-corrected chi connectivity index (χ0v) is 21.2. The number of methoxy groups -OCH3 is 1. The lowest BCUT2D eigenvalue weighted by molar-refractivity contribution is -0.130. The van der Waals surface area contributed by atoms with Crippen molar-refractivity contribution in [3.63, 3.8) is 0 Å². The first-order chi connectivity index (χ1) is 17.9. The number of carbonyl (C=O) groups excluding carboxylic acids is 3. The van der Waals surface area contributed by atoms with Crippen molar-refractivity contribution < 1.29 is 28.6 Å². The summed E-state index contributed by atoms with van der Waals surface area (Å²) in [6.45, 7) is 0.261. The van der Waals surface area contributed by atoms with Gasteiger partial charge in [-0.05, 0) is 56.0 Å². The predicted octanol–water partition coefficient (Wildman–Crippen LogP) is 3.84. The highest BCUT2D eigenvalue weighted by Gasteiger charge is 2.39. The Morgan fingerprint density at radius 2 is 1.86 bits per heavy atom. The Bertz CT molecular complexity index is 1180. The number of amides is 3. The first-order valence-corrected chi connectivity index (χ1v) is 12.9. The van der Waals surface area contributed by atoms with Crippen molar-refractivity contribution >= 4 is 29.1 Å². The van der Waals surface area contributed by atoms with E-state index < -0.39 is 0 Å². The van der Waals surface area contributed by atoms with Crippen LogP contribution in [0.5, 0.6) is 11.5 Å². The number of rotatable bonds is 6. The van der Waals surface area contributed by atoms with Gasteiger partial charge in [-0.1, -0.05) is 12.5 Å². The summed E-state index contributed by atoms with van der Waals surface area (Å²) < 4.78 is 17.5. The van der Waals surface area contributed by atoms with E-state index in [2.05, 4.69) is 10.6 Å². The maximum absolute atomic E-state index is 13.4. The Hall–Kier alpha value is -3.59. The van der Waals surface area contributed by atoms with Gasteiger partial charge in [-0.25, -0.2) is 0 Å². The molecule has 0 bridgehead atoms. The predicted molar refractivity (Wildman–Crippen MR) is 138 cm³/mol. The van der Waals surface area contributed by atoms with E-state index in [1.165, 1.54) is 0 Å². The number of hydrogen-bond donors (Lipinski definition) is 2. The van der Waals surface area contributed by atoms with Crippen LogP contribution in [-0.4, -0.2) is 61.6 Å². The van der Waals surface area contributed by atoms with Crippen molar-refractivity contribution in [2.24, 2.45) is 5.92 Å². The average molecular weight is 508 g/mol. The Morgan fingerprint density at radius 3 is 2.62 bits per heavy atom. The summed E-state index contributed by atoms with van der Waals surface area (Å²) in [5.41, 5.74) is 1.68. The molecule has 0 unspecified atom stereocenters. The van der Waals surface area contributed by atoms with Crippen molar-refractivity contribution in [1.82, 2.24) is 4.90 Å².